The molecule has 21 heavy (non-hydrogen) atoms. The lowest BCUT2D eigenvalue weighted by Gasteiger charge is -2.26. The van der Waals surface area contributed by atoms with Gasteiger partial charge in [0.25, 0.3) is 0 Å². The molecular formula is C16H24N2O3. The van der Waals surface area contributed by atoms with Gasteiger partial charge in [-0.05, 0) is 26.3 Å². The molecule has 0 aliphatic heterocycles. The number of carbonyl (C=O) groups excluding carboxylic acids is 2. The Morgan fingerprint density at radius 3 is 2.24 bits per heavy atom. The molecule has 1 unspecified atom stereocenters. The van der Waals surface area contributed by atoms with Gasteiger partial charge >= 0.3 is 0 Å². The molecule has 3 N–H and O–H groups in total. The minimum Gasteiger partial charge on any atom is -0.385 e. The molecule has 5 nitrogen and oxygen atoms in total. The molecule has 0 aliphatic rings. The molecule has 1 aromatic carbocycles. The Morgan fingerprint density at radius 2 is 1.71 bits per heavy atom. The fraction of sp³-hybridized carbons (Fsp3) is 0.500. The third kappa shape index (κ3) is 4.86. The number of benzene rings is 1. The van der Waals surface area contributed by atoms with Crippen LogP contribution in [0, 0.1) is 5.41 Å². The van der Waals surface area contributed by atoms with Crippen LogP contribution in [0.5, 0.6) is 0 Å². The predicted octanol–water partition coefficient (Wildman–Crippen LogP) is 1.17. The number of rotatable bonds is 6. The summed E-state index contributed by atoms with van der Waals surface area (Å²) >= 11 is 0. The fourth-order valence-electron chi connectivity index (χ4n) is 2.01. The van der Waals surface area contributed by atoms with Crippen molar-refractivity contribution in [2.45, 2.75) is 32.8 Å². The SMILES string of the molecule is CNC(=O)C(C)(C)CNC(=O)CC(C)(O)c1ccccc1. The summed E-state index contributed by atoms with van der Waals surface area (Å²) in [6.45, 7) is 5.32. The Balaban J connectivity index is 2.60. The first-order valence-electron chi connectivity index (χ1n) is 6.96. The zero-order chi connectivity index (χ0) is 16.1. The summed E-state index contributed by atoms with van der Waals surface area (Å²) in [4.78, 5) is 23.6. The van der Waals surface area contributed by atoms with Crippen molar-refractivity contribution >= 4 is 11.8 Å². The lowest BCUT2D eigenvalue weighted by Crippen LogP contribution is -2.44. The Morgan fingerprint density at radius 1 is 1.14 bits per heavy atom. The van der Waals surface area contributed by atoms with Crippen LogP contribution in [0.25, 0.3) is 0 Å². The van der Waals surface area contributed by atoms with E-state index in [1.54, 1.807) is 40.0 Å². The summed E-state index contributed by atoms with van der Waals surface area (Å²) < 4.78 is 0. The van der Waals surface area contributed by atoms with Gasteiger partial charge < -0.3 is 15.7 Å². The molecule has 1 atom stereocenters. The van der Waals surface area contributed by atoms with Crippen molar-refractivity contribution in [1.82, 2.24) is 10.6 Å². The van der Waals surface area contributed by atoms with Gasteiger partial charge in [-0.25, -0.2) is 0 Å². The van der Waals surface area contributed by atoms with Gasteiger partial charge in [-0.3, -0.25) is 9.59 Å². The standard InChI is InChI=1S/C16H24N2O3/c1-15(2,14(20)17-4)11-18-13(19)10-16(3,21)12-8-6-5-7-9-12/h5-9,21H,10-11H2,1-4H3,(H,17,20)(H,18,19). The highest BCUT2D eigenvalue weighted by Gasteiger charge is 2.30. The van der Waals surface area contributed by atoms with Crippen molar-refractivity contribution in [3.8, 4) is 0 Å². The zero-order valence-corrected chi connectivity index (χ0v) is 13.1. The Labute approximate surface area is 125 Å². The first-order valence-corrected chi connectivity index (χ1v) is 6.96. The van der Waals surface area contributed by atoms with Crippen molar-refractivity contribution in [1.29, 1.82) is 0 Å². The van der Waals surface area contributed by atoms with Gasteiger partial charge in [0.2, 0.25) is 11.8 Å². The first-order chi connectivity index (χ1) is 9.69. The summed E-state index contributed by atoms with van der Waals surface area (Å²) in [7, 11) is 1.56. The number of aliphatic hydroxyl groups is 1. The van der Waals surface area contributed by atoms with E-state index < -0.39 is 11.0 Å². The molecule has 0 saturated heterocycles. The average Bonchev–Trinajstić information content (AvgIpc) is 2.45. The monoisotopic (exact) mass is 292 g/mol. The molecular weight excluding hydrogens is 268 g/mol. The molecule has 0 radical (unpaired) electrons. The summed E-state index contributed by atoms with van der Waals surface area (Å²) in [5.74, 6) is -0.432. The molecule has 1 aromatic rings. The van der Waals surface area contributed by atoms with Crippen LogP contribution < -0.4 is 10.6 Å². The number of nitrogens with one attached hydrogen (secondary N) is 2. The molecule has 0 aromatic heterocycles. The third-order valence-electron chi connectivity index (χ3n) is 3.47. The second-order valence-corrected chi connectivity index (χ2v) is 6.06. The van der Waals surface area contributed by atoms with Crippen molar-refractivity contribution in [3.63, 3.8) is 0 Å². The Hall–Kier alpha value is -1.88. The fourth-order valence-corrected chi connectivity index (χ4v) is 2.01. The molecule has 1 rings (SSSR count). The van der Waals surface area contributed by atoms with Gasteiger partial charge in [-0.2, -0.15) is 0 Å². The van der Waals surface area contributed by atoms with Crippen molar-refractivity contribution in [2.24, 2.45) is 5.41 Å². The van der Waals surface area contributed by atoms with E-state index >= 15 is 0 Å². The molecule has 0 aliphatic carbocycles. The highest BCUT2D eigenvalue weighted by Crippen LogP contribution is 2.24. The quantitative estimate of drug-likeness (QED) is 0.736. The summed E-state index contributed by atoms with van der Waals surface area (Å²) in [6.07, 6.45) is -0.0547. The van der Waals surface area contributed by atoms with Crippen LogP contribution in [0.15, 0.2) is 30.3 Å². The number of amides is 2. The summed E-state index contributed by atoms with van der Waals surface area (Å²) in [6, 6.07) is 9.04. The molecule has 0 bridgehead atoms. The minimum atomic E-state index is -1.23. The van der Waals surface area contributed by atoms with Crippen LogP contribution in [-0.2, 0) is 15.2 Å². The summed E-state index contributed by atoms with van der Waals surface area (Å²) in [5, 5.41) is 15.7. The number of hydrogen-bond donors (Lipinski definition) is 3. The van der Waals surface area contributed by atoms with E-state index in [0.717, 1.165) is 0 Å². The number of carbonyl (C=O) groups is 2. The van der Waals surface area contributed by atoms with Gasteiger partial charge in [0.15, 0.2) is 0 Å². The predicted molar refractivity (Wildman–Crippen MR) is 81.5 cm³/mol. The maximum absolute atomic E-state index is 12.0. The van der Waals surface area contributed by atoms with Crippen molar-refractivity contribution < 1.29 is 14.7 Å². The zero-order valence-electron chi connectivity index (χ0n) is 13.1. The third-order valence-corrected chi connectivity index (χ3v) is 3.47. The second kappa shape index (κ2) is 6.72. The van der Waals surface area contributed by atoms with Crippen LogP contribution >= 0.6 is 0 Å². The largest absolute Gasteiger partial charge is 0.385 e. The van der Waals surface area contributed by atoms with Crippen molar-refractivity contribution in [3.05, 3.63) is 35.9 Å². The second-order valence-electron chi connectivity index (χ2n) is 6.06. The lowest BCUT2D eigenvalue weighted by atomic mass is 9.90. The number of hydrogen-bond acceptors (Lipinski definition) is 3. The normalized spacial score (nSPS) is 14.1. The Bertz CT molecular complexity index is 496. The van der Waals surface area contributed by atoms with Crippen LogP contribution in [-0.4, -0.2) is 30.5 Å². The van der Waals surface area contributed by atoms with Gasteiger partial charge in [0.1, 0.15) is 0 Å². The summed E-state index contributed by atoms with van der Waals surface area (Å²) in [5.41, 5.74) is -1.24. The Kier molecular flexibility index (Phi) is 5.49. The minimum absolute atomic E-state index is 0.0547. The molecule has 0 saturated carbocycles. The van der Waals surface area contributed by atoms with Gasteiger partial charge in [0, 0.05) is 13.6 Å². The average molecular weight is 292 g/mol. The van der Waals surface area contributed by atoms with Crippen LogP contribution in [0.1, 0.15) is 32.8 Å². The van der Waals surface area contributed by atoms with E-state index in [4.69, 9.17) is 0 Å². The highest BCUT2D eigenvalue weighted by atomic mass is 16.3. The van der Waals surface area contributed by atoms with Crippen LogP contribution in [0.2, 0.25) is 0 Å². The van der Waals surface area contributed by atoms with Crippen molar-refractivity contribution in [2.75, 3.05) is 13.6 Å². The molecule has 0 heterocycles. The van der Waals surface area contributed by atoms with E-state index in [1.165, 1.54) is 0 Å². The molecule has 116 valence electrons. The van der Waals surface area contributed by atoms with E-state index in [2.05, 4.69) is 10.6 Å². The van der Waals surface area contributed by atoms with Crippen LogP contribution in [0.3, 0.4) is 0 Å². The lowest BCUT2D eigenvalue weighted by molar-refractivity contribution is -0.130. The van der Waals surface area contributed by atoms with Gasteiger partial charge in [-0.15, -0.1) is 0 Å². The van der Waals surface area contributed by atoms with Crippen LogP contribution in [0.4, 0.5) is 0 Å². The van der Waals surface area contributed by atoms with Gasteiger partial charge in [0.05, 0.1) is 17.4 Å². The van der Waals surface area contributed by atoms with Gasteiger partial charge in [-0.1, -0.05) is 30.3 Å². The highest BCUT2D eigenvalue weighted by molar-refractivity contribution is 5.83. The van der Waals surface area contributed by atoms with E-state index in [9.17, 15) is 14.7 Å². The van der Waals surface area contributed by atoms with E-state index in [-0.39, 0.29) is 24.8 Å². The topological polar surface area (TPSA) is 78.4 Å². The maximum atomic E-state index is 12.0. The molecule has 5 heteroatoms. The smallest absolute Gasteiger partial charge is 0.227 e. The maximum Gasteiger partial charge on any atom is 0.227 e. The molecule has 0 spiro atoms. The first kappa shape index (κ1) is 17.2. The molecule has 2 amide bonds. The van der Waals surface area contributed by atoms with E-state index in [1.807, 2.05) is 18.2 Å². The van der Waals surface area contributed by atoms with E-state index in [0.29, 0.717) is 5.56 Å². The molecule has 0 fully saturated rings.